The van der Waals surface area contributed by atoms with Crippen LogP contribution in [0.15, 0.2) is 12.1 Å². The maximum Gasteiger partial charge on any atom is 0.211 e. The number of hydrogen-bond donors (Lipinski definition) is 1. The lowest BCUT2D eigenvalue weighted by molar-refractivity contribution is -0.105. The van der Waals surface area contributed by atoms with E-state index in [4.69, 9.17) is 0 Å². The van der Waals surface area contributed by atoms with Gasteiger partial charge in [0.2, 0.25) is 6.41 Å². The van der Waals surface area contributed by atoms with Gasteiger partial charge in [0, 0.05) is 5.69 Å². The quantitative estimate of drug-likeness (QED) is 0.780. The Labute approximate surface area is 133 Å². The van der Waals surface area contributed by atoms with Gasteiger partial charge < -0.3 is 5.32 Å². The molecule has 1 aromatic carbocycles. The Bertz CT molecular complexity index is 608. The molecule has 2 heteroatoms. The van der Waals surface area contributed by atoms with Crippen molar-refractivity contribution in [3.05, 3.63) is 28.8 Å². The molecule has 2 saturated carbocycles. The van der Waals surface area contributed by atoms with Crippen molar-refractivity contribution in [2.45, 2.75) is 64.7 Å². The fraction of sp³-hybridized carbons (Fsp3) is 0.650. The molecule has 2 nitrogen and oxygen atoms in total. The highest BCUT2D eigenvalue weighted by atomic mass is 16.1. The van der Waals surface area contributed by atoms with Crippen molar-refractivity contribution in [2.24, 2.45) is 17.3 Å². The van der Waals surface area contributed by atoms with Crippen molar-refractivity contribution in [1.29, 1.82) is 0 Å². The summed E-state index contributed by atoms with van der Waals surface area (Å²) in [5, 5.41) is 2.86. The van der Waals surface area contributed by atoms with E-state index in [2.05, 4.69) is 31.3 Å². The summed E-state index contributed by atoms with van der Waals surface area (Å²) in [6.45, 7) is 4.68. The van der Waals surface area contributed by atoms with Crippen LogP contribution in [-0.2, 0) is 11.2 Å². The van der Waals surface area contributed by atoms with Gasteiger partial charge in [0.05, 0.1) is 0 Å². The molecule has 4 rings (SSSR count). The molecule has 0 heterocycles. The zero-order valence-corrected chi connectivity index (χ0v) is 13.8. The molecule has 3 aliphatic carbocycles. The number of hydrogen-bond acceptors (Lipinski definition) is 1. The van der Waals surface area contributed by atoms with Gasteiger partial charge >= 0.3 is 0 Å². The minimum absolute atomic E-state index is 0.632. The maximum atomic E-state index is 10.8. The summed E-state index contributed by atoms with van der Waals surface area (Å²) in [7, 11) is 0. The summed E-state index contributed by atoms with van der Waals surface area (Å²) in [4.78, 5) is 10.8. The lowest BCUT2D eigenvalue weighted by Gasteiger charge is -2.49. The molecule has 0 bridgehead atoms. The molecule has 3 unspecified atom stereocenters. The number of rotatable bonds is 2. The molecule has 0 radical (unpaired) electrons. The minimum atomic E-state index is 0.632. The Morgan fingerprint density at radius 2 is 2.09 bits per heavy atom. The molecule has 2 fully saturated rings. The second-order valence-electron chi connectivity index (χ2n) is 8.13. The van der Waals surface area contributed by atoms with E-state index >= 15 is 0 Å². The Balaban J connectivity index is 1.70. The van der Waals surface area contributed by atoms with Crippen LogP contribution in [0.3, 0.4) is 0 Å². The summed E-state index contributed by atoms with van der Waals surface area (Å²) < 4.78 is 0. The number of aryl methyl sites for hydroxylation is 2. The molecular weight excluding hydrogens is 270 g/mol. The molecule has 3 aliphatic rings. The molecular formula is C20H27NO. The first-order valence-corrected chi connectivity index (χ1v) is 8.96. The standard InChI is InChI=1S/C20H27NO/c1-13-10-17-14(11-19(13)21-12-22)5-6-16-15(17)7-9-20(2)8-3-4-18(16)20/h10-12,15-16,18H,3-9H2,1-2H3,(H,21,22)/t15?,16?,18?,20-/m0/s1. The molecule has 1 N–H and O–H groups in total. The number of benzene rings is 1. The van der Waals surface area contributed by atoms with E-state index < -0.39 is 0 Å². The van der Waals surface area contributed by atoms with Crippen LogP contribution in [0.4, 0.5) is 5.69 Å². The monoisotopic (exact) mass is 297 g/mol. The van der Waals surface area contributed by atoms with E-state index in [-0.39, 0.29) is 0 Å². The fourth-order valence-corrected chi connectivity index (χ4v) is 5.95. The van der Waals surface area contributed by atoms with Gasteiger partial charge in [-0.1, -0.05) is 19.4 Å². The number of fused-ring (bicyclic) bond motifs is 5. The van der Waals surface area contributed by atoms with Gasteiger partial charge in [0.25, 0.3) is 0 Å². The maximum absolute atomic E-state index is 10.8. The number of nitrogens with one attached hydrogen (secondary N) is 1. The molecule has 0 spiro atoms. The van der Waals surface area contributed by atoms with Crippen molar-refractivity contribution in [3.63, 3.8) is 0 Å². The third kappa shape index (κ3) is 2.03. The molecule has 1 amide bonds. The van der Waals surface area contributed by atoms with E-state index in [1.165, 1.54) is 56.1 Å². The van der Waals surface area contributed by atoms with Crippen LogP contribution in [0.2, 0.25) is 0 Å². The predicted octanol–water partition coefficient (Wildman–Crippen LogP) is 4.81. The van der Waals surface area contributed by atoms with Gasteiger partial charge in [-0.25, -0.2) is 0 Å². The topological polar surface area (TPSA) is 29.1 Å². The number of amides is 1. The summed E-state index contributed by atoms with van der Waals surface area (Å²) in [6.07, 6.45) is 10.5. The molecule has 22 heavy (non-hydrogen) atoms. The van der Waals surface area contributed by atoms with Crippen molar-refractivity contribution < 1.29 is 4.79 Å². The van der Waals surface area contributed by atoms with Gasteiger partial charge in [-0.3, -0.25) is 4.79 Å². The smallest absolute Gasteiger partial charge is 0.211 e. The Kier molecular flexibility index (Phi) is 3.32. The third-order valence-electron chi connectivity index (χ3n) is 7.07. The lowest BCUT2D eigenvalue weighted by Crippen LogP contribution is -2.39. The highest BCUT2D eigenvalue weighted by Crippen LogP contribution is 2.60. The highest BCUT2D eigenvalue weighted by Gasteiger charge is 2.50. The zero-order chi connectivity index (χ0) is 15.3. The zero-order valence-electron chi connectivity index (χ0n) is 13.8. The van der Waals surface area contributed by atoms with Crippen LogP contribution in [0.25, 0.3) is 0 Å². The summed E-state index contributed by atoms with van der Waals surface area (Å²) in [5.74, 6) is 2.62. The van der Waals surface area contributed by atoms with Crippen molar-refractivity contribution >= 4 is 12.1 Å². The second-order valence-corrected chi connectivity index (χ2v) is 8.13. The van der Waals surface area contributed by atoms with Crippen molar-refractivity contribution in [2.75, 3.05) is 5.32 Å². The van der Waals surface area contributed by atoms with Gasteiger partial charge in [-0.15, -0.1) is 0 Å². The fourth-order valence-electron chi connectivity index (χ4n) is 5.95. The van der Waals surface area contributed by atoms with Crippen LogP contribution in [0.1, 0.15) is 68.1 Å². The van der Waals surface area contributed by atoms with Crippen LogP contribution < -0.4 is 5.32 Å². The first-order valence-electron chi connectivity index (χ1n) is 8.96. The lowest BCUT2D eigenvalue weighted by atomic mass is 9.56. The Morgan fingerprint density at radius 3 is 2.91 bits per heavy atom. The Morgan fingerprint density at radius 1 is 1.23 bits per heavy atom. The van der Waals surface area contributed by atoms with Crippen molar-refractivity contribution in [3.8, 4) is 0 Å². The summed E-state index contributed by atoms with van der Waals surface area (Å²) in [6, 6.07) is 4.60. The molecule has 0 saturated heterocycles. The molecule has 1 aromatic rings. The number of carbonyl (C=O) groups excluding carboxylic acids is 1. The summed E-state index contributed by atoms with van der Waals surface area (Å²) in [5.41, 5.74) is 5.92. The van der Waals surface area contributed by atoms with Crippen LogP contribution >= 0.6 is 0 Å². The SMILES string of the molecule is Cc1cc2c(cc1NC=O)CCC1C2CC[C@]2(C)CCCC12. The van der Waals surface area contributed by atoms with Gasteiger partial charge in [0.15, 0.2) is 0 Å². The molecule has 118 valence electrons. The van der Waals surface area contributed by atoms with E-state index in [1.807, 2.05) is 0 Å². The Hall–Kier alpha value is -1.31. The second kappa shape index (κ2) is 5.11. The molecule has 0 aromatic heterocycles. The molecule has 0 aliphatic heterocycles. The van der Waals surface area contributed by atoms with Crippen molar-refractivity contribution in [1.82, 2.24) is 0 Å². The number of anilines is 1. The summed E-state index contributed by atoms with van der Waals surface area (Å²) >= 11 is 0. The van der Waals surface area contributed by atoms with E-state index in [0.717, 1.165) is 29.9 Å². The average Bonchev–Trinajstić information content (AvgIpc) is 2.90. The normalized spacial score (nSPS) is 36.2. The number of carbonyl (C=O) groups is 1. The predicted molar refractivity (Wildman–Crippen MR) is 90.1 cm³/mol. The largest absolute Gasteiger partial charge is 0.328 e. The third-order valence-corrected chi connectivity index (χ3v) is 7.07. The van der Waals surface area contributed by atoms with Crippen LogP contribution in [0.5, 0.6) is 0 Å². The van der Waals surface area contributed by atoms with Crippen LogP contribution in [-0.4, -0.2) is 6.41 Å². The van der Waals surface area contributed by atoms with E-state index in [9.17, 15) is 4.79 Å². The minimum Gasteiger partial charge on any atom is -0.328 e. The van der Waals surface area contributed by atoms with Gasteiger partial charge in [-0.05, 0) is 91.4 Å². The van der Waals surface area contributed by atoms with Gasteiger partial charge in [0.1, 0.15) is 0 Å². The highest BCUT2D eigenvalue weighted by molar-refractivity contribution is 5.74. The first kappa shape index (κ1) is 14.3. The van der Waals surface area contributed by atoms with E-state index in [1.54, 1.807) is 5.56 Å². The molecule has 4 atom stereocenters. The van der Waals surface area contributed by atoms with E-state index in [0.29, 0.717) is 5.41 Å². The first-order chi connectivity index (χ1) is 10.6. The van der Waals surface area contributed by atoms with Crippen LogP contribution in [0, 0.1) is 24.2 Å². The van der Waals surface area contributed by atoms with Gasteiger partial charge in [-0.2, -0.15) is 0 Å². The average molecular weight is 297 g/mol.